The van der Waals surface area contributed by atoms with Crippen molar-refractivity contribution >= 4 is 6.29 Å². The highest BCUT2D eigenvalue weighted by atomic mass is 16.5. The lowest BCUT2D eigenvalue weighted by Crippen LogP contribution is -2.29. The van der Waals surface area contributed by atoms with Crippen molar-refractivity contribution in [2.45, 2.75) is 195 Å². The van der Waals surface area contributed by atoms with Crippen LogP contribution in [-0.2, 0) is 9.53 Å². The average molecular weight is 586 g/mol. The van der Waals surface area contributed by atoms with E-state index in [1.165, 1.54) is 141 Å². The number of rotatable bonds is 31. The quantitative estimate of drug-likeness (QED) is 0.0649. The molecule has 0 aliphatic heterocycles. The second-order valence-corrected chi connectivity index (χ2v) is 11.9. The fraction of sp³-hybridized carbons (Fsp3) is 0.973. The van der Waals surface area contributed by atoms with Crippen LogP contribution in [0.4, 0.5) is 0 Å². The fourth-order valence-electron chi connectivity index (χ4n) is 4.92. The minimum atomic E-state index is 0.254. The lowest BCUT2D eigenvalue weighted by atomic mass is 10.1. The first-order chi connectivity index (χ1) is 20.2. The van der Waals surface area contributed by atoms with E-state index >= 15 is 0 Å². The summed E-state index contributed by atoms with van der Waals surface area (Å²) >= 11 is 0. The van der Waals surface area contributed by atoms with Gasteiger partial charge >= 0.3 is 0 Å². The first kappa shape index (κ1) is 45.0. The number of methoxy groups -OCH3 is 1. The van der Waals surface area contributed by atoms with Crippen LogP contribution in [0.5, 0.6) is 0 Å². The van der Waals surface area contributed by atoms with Gasteiger partial charge in [0.1, 0.15) is 6.29 Å². The molecule has 0 aromatic heterocycles. The third kappa shape index (κ3) is 49.5. The predicted molar refractivity (Wildman–Crippen MR) is 184 cm³/mol. The Kier molecular flexibility index (Phi) is 51.0. The molecule has 1 N–H and O–H groups in total. The Labute approximate surface area is 260 Å². The lowest BCUT2D eigenvalue weighted by Gasteiger charge is -2.21. The molecule has 250 valence electrons. The zero-order valence-electron chi connectivity index (χ0n) is 29.2. The van der Waals surface area contributed by atoms with Gasteiger partial charge in [-0.3, -0.25) is 0 Å². The molecule has 0 aliphatic rings. The van der Waals surface area contributed by atoms with Crippen LogP contribution in [0.1, 0.15) is 195 Å². The molecule has 0 fully saturated rings. The van der Waals surface area contributed by atoms with Gasteiger partial charge in [0, 0.05) is 26.7 Å². The molecule has 0 radical (unpaired) electrons. The summed E-state index contributed by atoms with van der Waals surface area (Å²) in [7, 11) is 1.78. The third-order valence-electron chi connectivity index (χ3n) is 7.70. The summed E-state index contributed by atoms with van der Waals surface area (Å²) in [6, 6.07) is 0. The van der Waals surface area contributed by atoms with Crippen molar-refractivity contribution in [2.24, 2.45) is 0 Å². The molecule has 0 rings (SSSR count). The van der Waals surface area contributed by atoms with Gasteiger partial charge in [-0.25, -0.2) is 0 Å². The minimum absolute atomic E-state index is 0.254. The van der Waals surface area contributed by atoms with Crippen LogP contribution in [0.25, 0.3) is 0 Å². The van der Waals surface area contributed by atoms with Crippen molar-refractivity contribution in [3.05, 3.63) is 0 Å². The molecule has 0 saturated heterocycles. The molecule has 0 aromatic carbocycles. The van der Waals surface area contributed by atoms with Gasteiger partial charge in [-0.05, 0) is 38.8 Å². The number of hydrogen-bond acceptors (Lipinski definition) is 4. The van der Waals surface area contributed by atoms with Crippen LogP contribution in [0, 0.1) is 0 Å². The van der Waals surface area contributed by atoms with Crippen molar-refractivity contribution in [3.8, 4) is 0 Å². The molecular weight excluding hydrogens is 506 g/mol. The van der Waals surface area contributed by atoms with Crippen LogP contribution in [0.15, 0.2) is 0 Å². The van der Waals surface area contributed by atoms with Crippen LogP contribution >= 0.6 is 0 Å². The highest BCUT2D eigenvalue weighted by Gasteiger charge is 2.03. The lowest BCUT2D eigenvalue weighted by molar-refractivity contribution is -0.107. The summed E-state index contributed by atoms with van der Waals surface area (Å²) < 4.78 is 5.00. The Morgan fingerprint density at radius 1 is 0.488 bits per heavy atom. The fourth-order valence-corrected chi connectivity index (χ4v) is 4.92. The molecule has 0 unspecified atom stereocenters. The molecule has 0 bridgehead atoms. The third-order valence-corrected chi connectivity index (χ3v) is 7.70. The van der Waals surface area contributed by atoms with Crippen molar-refractivity contribution in [1.82, 2.24) is 4.90 Å². The molecule has 0 aromatic rings. The Morgan fingerprint density at radius 2 is 0.829 bits per heavy atom. The van der Waals surface area contributed by atoms with E-state index in [1.54, 1.807) is 7.11 Å². The van der Waals surface area contributed by atoms with E-state index in [-0.39, 0.29) is 6.61 Å². The number of unbranched alkanes of at least 4 members (excludes halogenated alkanes) is 22. The number of carbonyl (C=O) groups excluding carboxylic acids is 1. The van der Waals surface area contributed by atoms with E-state index in [4.69, 9.17) is 9.84 Å². The summed E-state index contributed by atoms with van der Waals surface area (Å²) in [4.78, 5) is 12.6. The maximum absolute atomic E-state index is 10.2. The van der Waals surface area contributed by atoms with Crippen molar-refractivity contribution in [2.75, 3.05) is 40.0 Å². The maximum atomic E-state index is 10.2. The molecule has 41 heavy (non-hydrogen) atoms. The van der Waals surface area contributed by atoms with Gasteiger partial charge in [-0.1, -0.05) is 163 Å². The Bertz CT molecular complexity index is 403. The SMILES string of the molecule is CCCCCCCCC.CCCCCCCCCCCOC.CCCCCCCCN(CCO)CCCCCC=O. The second kappa shape index (κ2) is 46.5. The van der Waals surface area contributed by atoms with E-state index in [9.17, 15) is 4.79 Å². The average Bonchev–Trinajstić information content (AvgIpc) is 2.98. The first-order valence-corrected chi connectivity index (χ1v) is 18.4. The zero-order chi connectivity index (χ0) is 30.9. The van der Waals surface area contributed by atoms with Crippen LogP contribution in [0.3, 0.4) is 0 Å². The monoisotopic (exact) mass is 586 g/mol. The van der Waals surface area contributed by atoms with Gasteiger partial charge < -0.3 is 19.5 Å². The summed E-state index contributed by atoms with van der Waals surface area (Å²) in [5, 5.41) is 9.06. The van der Waals surface area contributed by atoms with Gasteiger partial charge in [0.2, 0.25) is 0 Å². The van der Waals surface area contributed by atoms with Gasteiger partial charge in [0.15, 0.2) is 0 Å². The largest absolute Gasteiger partial charge is 0.395 e. The minimum Gasteiger partial charge on any atom is -0.395 e. The standard InChI is InChI=1S/C16H33NO2.C12H26O.C9H20/c1-2-3-4-5-6-9-12-17(14-16-19)13-10-7-8-11-15-18;1-3-4-5-6-7-8-9-10-11-12-13-2;1-3-5-7-9-8-6-4-2/h15,19H,2-14,16H2,1H3;3-12H2,1-2H3;3-9H2,1-2H3. The highest BCUT2D eigenvalue weighted by molar-refractivity contribution is 5.48. The molecule has 0 aliphatic carbocycles. The van der Waals surface area contributed by atoms with Gasteiger partial charge in [-0.2, -0.15) is 0 Å². The number of hydrogen-bond donors (Lipinski definition) is 1. The second-order valence-electron chi connectivity index (χ2n) is 11.9. The van der Waals surface area contributed by atoms with Crippen molar-refractivity contribution in [3.63, 3.8) is 0 Å². The summed E-state index contributed by atoms with van der Waals surface area (Å²) in [5.41, 5.74) is 0. The summed E-state index contributed by atoms with van der Waals surface area (Å²) in [6.45, 7) is 13.2. The Morgan fingerprint density at radius 3 is 1.17 bits per heavy atom. The molecule has 4 nitrogen and oxygen atoms in total. The summed E-state index contributed by atoms with van der Waals surface area (Å²) in [6.07, 6.45) is 35.4. The van der Waals surface area contributed by atoms with Crippen LogP contribution in [-0.4, -0.2) is 56.3 Å². The van der Waals surface area contributed by atoms with Crippen molar-refractivity contribution < 1.29 is 14.6 Å². The zero-order valence-corrected chi connectivity index (χ0v) is 29.2. The Hall–Kier alpha value is -0.450. The van der Waals surface area contributed by atoms with Crippen LogP contribution < -0.4 is 0 Å². The molecule has 0 heterocycles. The number of aliphatic hydroxyl groups excluding tert-OH is 1. The summed E-state index contributed by atoms with van der Waals surface area (Å²) in [5.74, 6) is 0. The van der Waals surface area contributed by atoms with Gasteiger partial charge in [0.25, 0.3) is 0 Å². The molecular formula is C37H79NO3. The number of carbonyl (C=O) groups is 1. The normalized spacial score (nSPS) is 10.7. The first-order valence-electron chi connectivity index (χ1n) is 18.4. The van der Waals surface area contributed by atoms with Gasteiger partial charge in [-0.15, -0.1) is 0 Å². The van der Waals surface area contributed by atoms with Crippen molar-refractivity contribution in [1.29, 1.82) is 0 Å². The smallest absolute Gasteiger partial charge is 0.119 e. The number of nitrogens with zero attached hydrogens (tertiary/aromatic N) is 1. The number of ether oxygens (including phenoxy) is 1. The molecule has 0 saturated carbocycles. The highest BCUT2D eigenvalue weighted by Crippen LogP contribution is 2.10. The molecule has 0 amide bonds. The topological polar surface area (TPSA) is 49.8 Å². The Balaban J connectivity index is -0.000000569. The number of aldehydes is 1. The van der Waals surface area contributed by atoms with E-state index in [0.717, 1.165) is 51.8 Å². The molecule has 4 heteroatoms. The van der Waals surface area contributed by atoms with E-state index in [0.29, 0.717) is 6.42 Å². The van der Waals surface area contributed by atoms with Gasteiger partial charge in [0.05, 0.1) is 6.61 Å². The van der Waals surface area contributed by atoms with E-state index in [1.807, 2.05) is 0 Å². The maximum Gasteiger partial charge on any atom is 0.119 e. The predicted octanol–water partition coefficient (Wildman–Crippen LogP) is 11.3. The van der Waals surface area contributed by atoms with Crippen LogP contribution in [0.2, 0.25) is 0 Å². The van der Waals surface area contributed by atoms with E-state index in [2.05, 4.69) is 32.6 Å². The molecule has 0 spiro atoms. The molecule has 0 atom stereocenters. The number of aliphatic hydroxyl groups is 1. The van der Waals surface area contributed by atoms with E-state index < -0.39 is 0 Å².